The fourth-order valence-corrected chi connectivity index (χ4v) is 4.35. The molecule has 0 aliphatic heterocycles. The topological polar surface area (TPSA) is 102 Å². The summed E-state index contributed by atoms with van der Waals surface area (Å²) in [5, 5.41) is 23.3. The second-order valence-electron chi connectivity index (χ2n) is 8.66. The third-order valence-corrected chi connectivity index (χ3v) is 6.35. The van der Waals surface area contributed by atoms with Gasteiger partial charge >= 0.3 is 0 Å². The van der Waals surface area contributed by atoms with E-state index in [1.54, 1.807) is 44.6 Å². The molecule has 1 heterocycles. The van der Waals surface area contributed by atoms with E-state index in [1.807, 2.05) is 19.1 Å². The Kier molecular flexibility index (Phi) is 6.07. The largest absolute Gasteiger partial charge is 0.395 e. The number of nitrogens with zero attached hydrogens (tertiary/aromatic N) is 4. The predicted molar refractivity (Wildman–Crippen MR) is 128 cm³/mol. The van der Waals surface area contributed by atoms with Crippen LogP contribution in [0.15, 0.2) is 42.6 Å². The van der Waals surface area contributed by atoms with Gasteiger partial charge in [0.05, 0.1) is 35.2 Å². The van der Waals surface area contributed by atoms with Crippen LogP contribution in [0.25, 0.3) is 11.3 Å². The number of amides is 1. The summed E-state index contributed by atoms with van der Waals surface area (Å²) in [4.78, 5) is 23.0. The lowest BCUT2D eigenvalue weighted by atomic mass is 9.83. The van der Waals surface area contributed by atoms with Crippen LogP contribution >= 0.6 is 11.6 Å². The molecular weight excluding hydrogens is 438 g/mol. The second kappa shape index (κ2) is 8.81. The highest BCUT2D eigenvalue weighted by molar-refractivity contribution is 6.31. The van der Waals surface area contributed by atoms with Crippen LogP contribution in [0.1, 0.15) is 40.4 Å². The van der Waals surface area contributed by atoms with Gasteiger partial charge in [0.25, 0.3) is 5.91 Å². The number of nitriles is 1. The molecule has 2 N–H and O–H groups in total. The molecule has 2 aromatic carbocycles. The molecule has 1 unspecified atom stereocenters. The number of carbonyl (C=O) groups excluding carboxylic acids is 1. The van der Waals surface area contributed by atoms with E-state index in [-0.39, 0.29) is 17.9 Å². The van der Waals surface area contributed by atoms with Crippen LogP contribution < -0.4 is 5.32 Å². The molecule has 1 amide bonds. The van der Waals surface area contributed by atoms with E-state index in [2.05, 4.69) is 21.4 Å². The molecule has 0 saturated heterocycles. The van der Waals surface area contributed by atoms with Gasteiger partial charge in [-0.05, 0) is 60.4 Å². The number of aliphatic hydroxyl groups excluding tert-OH is 1. The minimum Gasteiger partial charge on any atom is -0.395 e. The van der Waals surface area contributed by atoms with E-state index in [4.69, 9.17) is 11.6 Å². The highest BCUT2D eigenvalue weighted by Crippen LogP contribution is 2.42. The SMILES string of the molecule is CN(C)C(=O)c1ccc(Cl)cc1Nc1nccc(-c2cc(C#N)c3c(c2)C(C)(CO)CC3)n1. The number of fused-ring (bicyclic) bond motifs is 1. The van der Waals surface area contributed by atoms with Crippen LogP contribution in [0.3, 0.4) is 0 Å². The van der Waals surface area contributed by atoms with E-state index in [0.717, 1.165) is 29.5 Å². The van der Waals surface area contributed by atoms with E-state index in [0.29, 0.717) is 33.5 Å². The monoisotopic (exact) mass is 461 g/mol. The van der Waals surface area contributed by atoms with Gasteiger partial charge in [0, 0.05) is 36.3 Å². The first-order valence-electron chi connectivity index (χ1n) is 10.6. The average Bonchev–Trinajstić information content (AvgIpc) is 3.15. The molecule has 8 heteroatoms. The minimum absolute atomic E-state index is 0.0162. The average molecular weight is 462 g/mol. The van der Waals surface area contributed by atoms with Gasteiger partial charge in [0.2, 0.25) is 5.95 Å². The third-order valence-electron chi connectivity index (χ3n) is 6.11. The normalized spacial score (nSPS) is 16.7. The zero-order valence-corrected chi connectivity index (χ0v) is 19.4. The van der Waals surface area contributed by atoms with Crippen molar-refractivity contribution < 1.29 is 9.90 Å². The highest BCUT2D eigenvalue weighted by atomic mass is 35.5. The Bertz CT molecular complexity index is 1280. The van der Waals surface area contributed by atoms with E-state index < -0.39 is 0 Å². The summed E-state index contributed by atoms with van der Waals surface area (Å²) in [6, 6.07) is 12.9. The first kappa shape index (κ1) is 22.7. The fourth-order valence-electron chi connectivity index (χ4n) is 4.17. The predicted octanol–water partition coefficient (Wildman–Crippen LogP) is 4.31. The Balaban J connectivity index is 1.74. The van der Waals surface area contributed by atoms with Crippen molar-refractivity contribution in [1.82, 2.24) is 14.9 Å². The number of carbonyl (C=O) groups is 1. The van der Waals surface area contributed by atoms with E-state index in [1.165, 1.54) is 4.90 Å². The molecule has 1 atom stereocenters. The molecule has 0 spiro atoms. The molecule has 1 aromatic heterocycles. The Morgan fingerprint density at radius 3 is 2.79 bits per heavy atom. The Morgan fingerprint density at radius 2 is 2.09 bits per heavy atom. The maximum absolute atomic E-state index is 12.6. The molecule has 3 aromatic rings. The van der Waals surface area contributed by atoms with E-state index in [9.17, 15) is 15.2 Å². The summed E-state index contributed by atoms with van der Waals surface area (Å²) in [6.07, 6.45) is 3.18. The van der Waals surface area contributed by atoms with Crippen LogP contribution in [0, 0.1) is 11.3 Å². The van der Waals surface area contributed by atoms with Crippen LogP contribution in [-0.4, -0.2) is 46.6 Å². The molecule has 168 valence electrons. The lowest BCUT2D eigenvalue weighted by molar-refractivity contribution is 0.0828. The molecule has 1 aliphatic carbocycles. The van der Waals surface area contributed by atoms with Gasteiger partial charge in [0.15, 0.2) is 0 Å². The lowest BCUT2D eigenvalue weighted by Gasteiger charge is -2.23. The Morgan fingerprint density at radius 1 is 1.30 bits per heavy atom. The van der Waals surface area contributed by atoms with Crippen molar-refractivity contribution in [2.75, 3.05) is 26.0 Å². The number of halogens is 1. The number of hydrogen-bond acceptors (Lipinski definition) is 6. The number of anilines is 2. The number of nitrogens with one attached hydrogen (secondary N) is 1. The third kappa shape index (κ3) is 4.28. The summed E-state index contributed by atoms with van der Waals surface area (Å²) in [6.45, 7) is 2.03. The van der Waals surface area contributed by atoms with Crippen molar-refractivity contribution in [1.29, 1.82) is 5.26 Å². The maximum Gasteiger partial charge on any atom is 0.255 e. The zero-order valence-electron chi connectivity index (χ0n) is 18.7. The lowest BCUT2D eigenvalue weighted by Crippen LogP contribution is -2.23. The summed E-state index contributed by atoms with van der Waals surface area (Å²) in [5.74, 6) is 0.123. The van der Waals surface area contributed by atoms with Gasteiger partial charge in [-0.2, -0.15) is 5.26 Å². The smallest absolute Gasteiger partial charge is 0.255 e. The summed E-state index contributed by atoms with van der Waals surface area (Å²) in [7, 11) is 3.36. The van der Waals surface area contributed by atoms with E-state index >= 15 is 0 Å². The number of benzene rings is 2. The number of hydrogen-bond donors (Lipinski definition) is 2. The fraction of sp³-hybridized carbons (Fsp3) is 0.280. The number of aliphatic hydroxyl groups is 1. The first-order chi connectivity index (χ1) is 15.8. The zero-order chi connectivity index (χ0) is 23.8. The molecule has 1 aliphatic rings. The molecule has 7 nitrogen and oxygen atoms in total. The number of rotatable bonds is 5. The number of aromatic nitrogens is 2. The summed E-state index contributed by atoms with van der Waals surface area (Å²) < 4.78 is 0. The molecule has 0 saturated carbocycles. The molecular formula is C25H24ClN5O2. The van der Waals surface area contributed by atoms with Crippen molar-refractivity contribution >= 4 is 29.1 Å². The molecule has 4 rings (SSSR count). The van der Waals surface area contributed by atoms with Gasteiger partial charge in [0.1, 0.15) is 0 Å². The van der Waals surface area contributed by atoms with Crippen LogP contribution in [0.2, 0.25) is 5.02 Å². The van der Waals surface area contributed by atoms with Gasteiger partial charge in [-0.25, -0.2) is 9.97 Å². The van der Waals surface area contributed by atoms with Crippen molar-refractivity contribution in [2.45, 2.75) is 25.2 Å². The van der Waals surface area contributed by atoms with Gasteiger partial charge in [-0.3, -0.25) is 4.79 Å². The Hall–Kier alpha value is -3.47. The standard InChI is InChI=1S/C25H24ClN5O2/c1-25(14-32)8-6-18-16(13-27)10-15(11-20(18)25)21-7-9-28-24(29-21)30-22-12-17(26)4-5-19(22)23(33)31(2)3/h4-5,7,9-12,32H,6,8,14H2,1-3H3,(H,28,29,30). The van der Waals surface area contributed by atoms with Crippen molar-refractivity contribution in [2.24, 2.45) is 0 Å². The van der Waals surface area contributed by atoms with Gasteiger partial charge in [-0.15, -0.1) is 0 Å². The first-order valence-corrected chi connectivity index (χ1v) is 10.9. The second-order valence-corrected chi connectivity index (χ2v) is 9.10. The highest BCUT2D eigenvalue weighted by Gasteiger charge is 2.35. The van der Waals surface area contributed by atoms with Crippen molar-refractivity contribution in [3.05, 3.63) is 69.9 Å². The summed E-state index contributed by atoms with van der Waals surface area (Å²) >= 11 is 6.17. The van der Waals surface area contributed by atoms with Gasteiger partial charge < -0.3 is 15.3 Å². The van der Waals surface area contributed by atoms with Crippen LogP contribution in [-0.2, 0) is 11.8 Å². The molecule has 33 heavy (non-hydrogen) atoms. The van der Waals surface area contributed by atoms with Crippen molar-refractivity contribution in [3.63, 3.8) is 0 Å². The minimum atomic E-state index is -0.382. The van der Waals surface area contributed by atoms with Crippen molar-refractivity contribution in [3.8, 4) is 17.3 Å². The molecule has 0 bridgehead atoms. The molecule has 0 radical (unpaired) electrons. The maximum atomic E-state index is 12.6. The quantitative estimate of drug-likeness (QED) is 0.587. The van der Waals surface area contributed by atoms with Gasteiger partial charge in [-0.1, -0.05) is 18.5 Å². The van der Waals surface area contributed by atoms with Crippen LogP contribution in [0.4, 0.5) is 11.6 Å². The summed E-state index contributed by atoms with van der Waals surface area (Å²) in [5.41, 5.74) is 4.54. The van der Waals surface area contributed by atoms with Crippen LogP contribution in [0.5, 0.6) is 0 Å². The molecule has 0 fully saturated rings. The Labute approximate surface area is 197 Å².